The lowest BCUT2D eigenvalue weighted by molar-refractivity contribution is 1.11. The summed E-state index contributed by atoms with van der Waals surface area (Å²) >= 11 is 0. The normalized spacial score (nSPS) is 8.36. The molecule has 2 rings (SSSR count). The first-order valence-electron chi connectivity index (χ1n) is 5.26. The van der Waals surface area contributed by atoms with Crippen molar-refractivity contribution in [3.05, 3.63) is 30.0 Å². The standard InChI is InChI=1S/C8H8N2.2C2H6/c1-6-3-2-4-7-5-9-10-8(6)7;2*1-2/h2-5H,1H3,(H,9,10);2*1-2H3. The molecule has 1 aromatic carbocycles. The molecule has 0 spiro atoms. The van der Waals surface area contributed by atoms with E-state index in [9.17, 15) is 0 Å². The number of H-pyrrole nitrogens is 1. The van der Waals surface area contributed by atoms with Crippen LogP contribution in [0.1, 0.15) is 33.3 Å². The lowest BCUT2D eigenvalue weighted by atomic mass is 10.2. The van der Waals surface area contributed by atoms with Crippen molar-refractivity contribution in [3.8, 4) is 0 Å². The maximum atomic E-state index is 3.94. The third kappa shape index (κ3) is 2.87. The monoisotopic (exact) mass is 192 g/mol. The molecule has 0 radical (unpaired) electrons. The van der Waals surface area contributed by atoms with Crippen molar-refractivity contribution < 1.29 is 0 Å². The maximum absolute atomic E-state index is 3.94. The average molecular weight is 192 g/mol. The predicted octanol–water partition coefficient (Wildman–Crippen LogP) is 3.92. The van der Waals surface area contributed by atoms with Gasteiger partial charge in [-0.05, 0) is 12.5 Å². The number of rotatable bonds is 0. The topological polar surface area (TPSA) is 28.7 Å². The average Bonchev–Trinajstić information content (AvgIpc) is 2.73. The number of fused-ring (bicyclic) bond motifs is 1. The molecule has 2 heteroatoms. The van der Waals surface area contributed by atoms with Crippen LogP contribution < -0.4 is 0 Å². The van der Waals surface area contributed by atoms with Crippen molar-refractivity contribution in [2.45, 2.75) is 34.6 Å². The van der Waals surface area contributed by atoms with Crippen molar-refractivity contribution in [1.29, 1.82) is 0 Å². The van der Waals surface area contributed by atoms with Gasteiger partial charge in [-0.15, -0.1) is 0 Å². The van der Waals surface area contributed by atoms with E-state index >= 15 is 0 Å². The fraction of sp³-hybridized carbons (Fsp3) is 0.417. The summed E-state index contributed by atoms with van der Waals surface area (Å²) in [5.41, 5.74) is 2.39. The largest absolute Gasteiger partial charge is 0.278 e. The lowest BCUT2D eigenvalue weighted by Gasteiger charge is -1.90. The van der Waals surface area contributed by atoms with Crippen LogP contribution in [-0.2, 0) is 0 Å². The second kappa shape index (κ2) is 7.13. The van der Waals surface area contributed by atoms with Gasteiger partial charge in [-0.3, -0.25) is 5.10 Å². The van der Waals surface area contributed by atoms with Crippen molar-refractivity contribution in [3.63, 3.8) is 0 Å². The van der Waals surface area contributed by atoms with E-state index in [4.69, 9.17) is 0 Å². The van der Waals surface area contributed by atoms with Crippen molar-refractivity contribution in [2.75, 3.05) is 0 Å². The number of aromatic amines is 1. The summed E-state index contributed by atoms with van der Waals surface area (Å²) < 4.78 is 0. The molecule has 0 aliphatic rings. The number of hydrogen-bond acceptors (Lipinski definition) is 1. The van der Waals surface area contributed by atoms with Crippen LogP contribution in [0.15, 0.2) is 24.4 Å². The van der Waals surface area contributed by atoms with Crippen LogP contribution in [0.2, 0.25) is 0 Å². The van der Waals surface area contributed by atoms with E-state index in [1.807, 2.05) is 46.0 Å². The zero-order chi connectivity index (χ0) is 11.0. The summed E-state index contributed by atoms with van der Waals surface area (Å²) in [6.07, 6.45) is 1.84. The smallest absolute Gasteiger partial charge is 0.0679 e. The molecule has 1 heterocycles. The van der Waals surface area contributed by atoms with Crippen molar-refractivity contribution in [2.24, 2.45) is 0 Å². The zero-order valence-corrected chi connectivity index (χ0v) is 9.76. The van der Waals surface area contributed by atoms with Gasteiger partial charge in [0.25, 0.3) is 0 Å². The second-order valence-electron chi connectivity index (χ2n) is 2.41. The number of nitrogens with zero attached hydrogens (tertiary/aromatic N) is 1. The Hall–Kier alpha value is -1.31. The molecule has 1 N–H and O–H groups in total. The lowest BCUT2D eigenvalue weighted by Crippen LogP contribution is -1.73. The van der Waals surface area contributed by atoms with Crippen LogP contribution in [0, 0.1) is 6.92 Å². The molecule has 0 unspecified atom stereocenters. The Morgan fingerprint density at radius 2 is 1.71 bits per heavy atom. The minimum Gasteiger partial charge on any atom is -0.278 e. The molecule has 78 valence electrons. The molecular weight excluding hydrogens is 172 g/mol. The third-order valence-corrected chi connectivity index (χ3v) is 1.69. The third-order valence-electron chi connectivity index (χ3n) is 1.69. The summed E-state index contributed by atoms with van der Waals surface area (Å²) in [6.45, 7) is 10.1. The number of nitrogens with one attached hydrogen (secondary N) is 1. The molecule has 1 aromatic heterocycles. The highest BCUT2D eigenvalue weighted by atomic mass is 15.1. The number of hydrogen-bond donors (Lipinski definition) is 1. The van der Waals surface area contributed by atoms with Crippen LogP contribution in [0.5, 0.6) is 0 Å². The highest BCUT2D eigenvalue weighted by Crippen LogP contribution is 2.13. The first kappa shape index (κ1) is 12.7. The Balaban J connectivity index is 0.000000379. The van der Waals surface area contributed by atoms with Crippen LogP contribution in [0.25, 0.3) is 10.9 Å². The van der Waals surface area contributed by atoms with E-state index in [1.165, 1.54) is 10.9 Å². The number of benzene rings is 1. The van der Waals surface area contributed by atoms with Gasteiger partial charge in [-0.1, -0.05) is 45.9 Å². The van der Waals surface area contributed by atoms with Crippen molar-refractivity contribution in [1.82, 2.24) is 10.2 Å². The molecule has 2 aromatic rings. The Bertz CT molecular complexity index is 350. The molecule has 0 atom stereocenters. The first-order valence-corrected chi connectivity index (χ1v) is 5.26. The Morgan fingerprint density at radius 1 is 1.07 bits per heavy atom. The maximum Gasteiger partial charge on any atom is 0.0679 e. The van der Waals surface area contributed by atoms with Gasteiger partial charge >= 0.3 is 0 Å². The van der Waals surface area contributed by atoms with Gasteiger partial charge in [0.05, 0.1) is 11.7 Å². The highest BCUT2D eigenvalue weighted by Gasteiger charge is 1.94. The number of para-hydroxylation sites is 1. The number of aromatic nitrogens is 2. The fourth-order valence-corrected chi connectivity index (χ4v) is 1.12. The highest BCUT2D eigenvalue weighted by molar-refractivity contribution is 5.80. The molecule has 0 amide bonds. The summed E-state index contributed by atoms with van der Waals surface area (Å²) in [5.74, 6) is 0. The molecule has 0 saturated carbocycles. The Labute approximate surface area is 86.3 Å². The van der Waals surface area contributed by atoms with Gasteiger partial charge in [0, 0.05) is 5.39 Å². The second-order valence-corrected chi connectivity index (χ2v) is 2.41. The van der Waals surface area contributed by atoms with Crippen molar-refractivity contribution >= 4 is 10.9 Å². The van der Waals surface area contributed by atoms with Gasteiger partial charge < -0.3 is 0 Å². The van der Waals surface area contributed by atoms with E-state index in [2.05, 4.69) is 23.2 Å². The van der Waals surface area contributed by atoms with Gasteiger partial charge in [0.2, 0.25) is 0 Å². The van der Waals surface area contributed by atoms with E-state index < -0.39 is 0 Å². The molecule has 0 aliphatic carbocycles. The SMILES string of the molecule is CC.CC.Cc1cccc2cn[nH]c12. The van der Waals surface area contributed by atoms with E-state index in [1.54, 1.807) is 0 Å². The molecule has 2 nitrogen and oxygen atoms in total. The van der Waals surface area contributed by atoms with Gasteiger partial charge in [0.1, 0.15) is 0 Å². The zero-order valence-electron chi connectivity index (χ0n) is 9.76. The van der Waals surface area contributed by atoms with E-state index in [-0.39, 0.29) is 0 Å². The van der Waals surface area contributed by atoms with Crippen LogP contribution in [0.3, 0.4) is 0 Å². The molecule has 14 heavy (non-hydrogen) atoms. The number of aryl methyl sites for hydroxylation is 1. The van der Waals surface area contributed by atoms with Crippen LogP contribution >= 0.6 is 0 Å². The minimum atomic E-state index is 1.14. The Kier molecular flexibility index (Phi) is 6.46. The summed E-state index contributed by atoms with van der Waals surface area (Å²) in [5, 5.41) is 8.06. The molecule has 0 bridgehead atoms. The van der Waals surface area contributed by atoms with E-state index in [0.717, 1.165) is 5.52 Å². The molecule has 0 aliphatic heterocycles. The van der Waals surface area contributed by atoms with Crippen LogP contribution in [0.4, 0.5) is 0 Å². The van der Waals surface area contributed by atoms with Crippen LogP contribution in [-0.4, -0.2) is 10.2 Å². The van der Waals surface area contributed by atoms with Gasteiger partial charge in [-0.25, -0.2) is 0 Å². The molecule has 0 saturated heterocycles. The van der Waals surface area contributed by atoms with Gasteiger partial charge in [0.15, 0.2) is 0 Å². The first-order chi connectivity index (χ1) is 6.88. The summed E-state index contributed by atoms with van der Waals surface area (Å²) in [7, 11) is 0. The quantitative estimate of drug-likeness (QED) is 0.673. The summed E-state index contributed by atoms with van der Waals surface area (Å²) in [6, 6.07) is 6.15. The fourth-order valence-electron chi connectivity index (χ4n) is 1.12. The predicted molar refractivity (Wildman–Crippen MR) is 63.5 cm³/mol. The summed E-state index contributed by atoms with van der Waals surface area (Å²) in [4.78, 5) is 0. The Morgan fingerprint density at radius 3 is 2.29 bits per heavy atom. The van der Waals surface area contributed by atoms with E-state index in [0.29, 0.717) is 0 Å². The molecular formula is C12H20N2. The molecule has 0 fully saturated rings. The minimum absolute atomic E-state index is 1.14. The van der Waals surface area contributed by atoms with Gasteiger partial charge in [-0.2, -0.15) is 5.10 Å².